The van der Waals surface area contributed by atoms with E-state index in [4.69, 9.17) is 5.73 Å². The Morgan fingerprint density at radius 3 is 2.11 bits per heavy atom. The molecule has 0 fully saturated rings. The smallest absolute Gasteiger partial charge is 0.241 e. The van der Waals surface area contributed by atoms with Gasteiger partial charge in [-0.3, -0.25) is 4.79 Å². The lowest BCUT2D eigenvalue weighted by molar-refractivity contribution is -0.117. The van der Waals surface area contributed by atoms with Gasteiger partial charge in [0.25, 0.3) is 0 Å². The van der Waals surface area contributed by atoms with Crippen molar-refractivity contribution in [2.45, 2.75) is 46.1 Å². The summed E-state index contributed by atoms with van der Waals surface area (Å²) >= 11 is 0. The summed E-state index contributed by atoms with van der Waals surface area (Å²) < 4.78 is 0. The Labute approximate surface area is 116 Å². The van der Waals surface area contributed by atoms with Gasteiger partial charge in [0.2, 0.25) is 5.91 Å². The van der Waals surface area contributed by atoms with Crippen LogP contribution in [0.2, 0.25) is 0 Å². The van der Waals surface area contributed by atoms with E-state index in [0.29, 0.717) is 6.42 Å². The van der Waals surface area contributed by atoms with E-state index in [1.807, 2.05) is 25.1 Å². The molecule has 0 bridgehead atoms. The van der Waals surface area contributed by atoms with Crippen LogP contribution in [0, 0.1) is 0 Å². The molecule has 0 saturated carbocycles. The maximum absolute atomic E-state index is 11.8. The third-order valence-corrected chi connectivity index (χ3v) is 3.02. The van der Waals surface area contributed by atoms with E-state index in [9.17, 15) is 4.79 Å². The number of nitrogens with two attached hydrogens (primary N) is 1. The van der Waals surface area contributed by atoms with Gasteiger partial charge in [0.1, 0.15) is 0 Å². The molecule has 18 heavy (non-hydrogen) atoms. The number of benzene rings is 1. The SMILES string of the molecule is CCc1cccc(CC)c1NC(=O)C(N)CC.Cl. The average molecular weight is 271 g/mol. The van der Waals surface area contributed by atoms with Gasteiger partial charge in [-0.25, -0.2) is 0 Å². The zero-order chi connectivity index (χ0) is 12.8. The number of hydrogen-bond donors (Lipinski definition) is 2. The largest absolute Gasteiger partial charge is 0.324 e. The zero-order valence-corrected chi connectivity index (χ0v) is 12.1. The van der Waals surface area contributed by atoms with Crippen molar-refractivity contribution < 1.29 is 4.79 Å². The van der Waals surface area contributed by atoms with Crippen LogP contribution in [0.5, 0.6) is 0 Å². The molecule has 0 aliphatic heterocycles. The number of halogens is 1. The lowest BCUT2D eigenvalue weighted by Gasteiger charge is -2.16. The number of nitrogens with one attached hydrogen (secondary N) is 1. The van der Waals surface area contributed by atoms with E-state index < -0.39 is 6.04 Å². The lowest BCUT2D eigenvalue weighted by Crippen LogP contribution is -2.35. The van der Waals surface area contributed by atoms with Crippen LogP contribution in [-0.2, 0) is 17.6 Å². The van der Waals surface area contributed by atoms with Crippen LogP contribution < -0.4 is 11.1 Å². The van der Waals surface area contributed by atoms with Gasteiger partial charge in [0.05, 0.1) is 6.04 Å². The molecular weight excluding hydrogens is 248 g/mol. The summed E-state index contributed by atoms with van der Waals surface area (Å²) in [4.78, 5) is 11.8. The molecular formula is C14H23ClN2O. The Bertz CT molecular complexity index is 371. The summed E-state index contributed by atoms with van der Waals surface area (Å²) in [6.07, 6.45) is 2.47. The molecule has 1 atom stereocenters. The van der Waals surface area contributed by atoms with Crippen LogP contribution >= 0.6 is 12.4 Å². The van der Waals surface area contributed by atoms with Crippen LogP contribution in [0.1, 0.15) is 38.3 Å². The van der Waals surface area contributed by atoms with E-state index in [-0.39, 0.29) is 18.3 Å². The third-order valence-electron chi connectivity index (χ3n) is 3.02. The van der Waals surface area contributed by atoms with Gasteiger partial charge in [0, 0.05) is 5.69 Å². The number of carbonyl (C=O) groups excluding carboxylic acids is 1. The number of anilines is 1. The zero-order valence-electron chi connectivity index (χ0n) is 11.3. The number of para-hydroxylation sites is 1. The summed E-state index contributed by atoms with van der Waals surface area (Å²) in [5.74, 6) is -0.0944. The van der Waals surface area contributed by atoms with Crippen LogP contribution in [0.4, 0.5) is 5.69 Å². The Hall–Kier alpha value is -1.06. The second-order valence-corrected chi connectivity index (χ2v) is 4.16. The molecule has 1 aromatic rings. The number of aryl methyl sites for hydroxylation is 2. The molecule has 1 amide bonds. The summed E-state index contributed by atoms with van der Waals surface area (Å²) in [6, 6.07) is 5.70. The van der Waals surface area contributed by atoms with Crippen molar-refractivity contribution in [3.63, 3.8) is 0 Å². The van der Waals surface area contributed by atoms with Gasteiger partial charge in [0.15, 0.2) is 0 Å². The minimum Gasteiger partial charge on any atom is -0.324 e. The van der Waals surface area contributed by atoms with Gasteiger partial charge >= 0.3 is 0 Å². The normalized spacial score (nSPS) is 11.6. The van der Waals surface area contributed by atoms with Gasteiger partial charge in [-0.2, -0.15) is 0 Å². The van der Waals surface area contributed by atoms with Crippen molar-refractivity contribution >= 4 is 24.0 Å². The molecule has 0 aliphatic rings. The molecule has 3 N–H and O–H groups in total. The molecule has 0 radical (unpaired) electrons. The first-order valence-corrected chi connectivity index (χ1v) is 6.31. The fraction of sp³-hybridized carbons (Fsp3) is 0.500. The predicted molar refractivity (Wildman–Crippen MR) is 79.3 cm³/mol. The highest BCUT2D eigenvalue weighted by atomic mass is 35.5. The Balaban J connectivity index is 0.00000289. The highest BCUT2D eigenvalue weighted by Gasteiger charge is 2.14. The molecule has 0 spiro atoms. The summed E-state index contributed by atoms with van der Waals surface area (Å²) in [6.45, 7) is 6.09. The molecule has 0 aromatic heterocycles. The monoisotopic (exact) mass is 270 g/mol. The lowest BCUT2D eigenvalue weighted by atomic mass is 10.0. The first kappa shape index (κ1) is 16.9. The van der Waals surface area contributed by atoms with E-state index in [1.165, 1.54) is 11.1 Å². The summed E-state index contributed by atoms with van der Waals surface area (Å²) in [7, 11) is 0. The molecule has 1 rings (SSSR count). The predicted octanol–water partition coefficient (Wildman–Crippen LogP) is 2.91. The fourth-order valence-electron chi connectivity index (χ4n) is 1.80. The van der Waals surface area contributed by atoms with Gasteiger partial charge < -0.3 is 11.1 Å². The second kappa shape index (κ2) is 8.11. The minimum absolute atomic E-state index is 0. The van der Waals surface area contributed by atoms with Crippen LogP contribution in [0.15, 0.2) is 18.2 Å². The van der Waals surface area contributed by atoms with E-state index >= 15 is 0 Å². The molecule has 1 aromatic carbocycles. The van der Waals surface area contributed by atoms with Gasteiger partial charge in [-0.15, -0.1) is 12.4 Å². The third kappa shape index (κ3) is 4.00. The molecule has 4 heteroatoms. The first-order valence-electron chi connectivity index (χ1n) is 6.31. The van der Waals surface area contributed by atoms with E-state index in [0.717, 1.165) is 18.5 Å². The topological polar surface area (TPSA) is 55.1 Å². The maximum Gasteiger partial charge on any atom is 0.241 e. The quantitative estimate of drug-likeness (QED) is 0.864. The van der Waals surface area contributed by atoms with Crippen LogP contribution in [0.3, 0.4) is 0 Å². The van der Waals surface area contributed by atoms with E-state index in [2.05, 4.69) is 19.2 Å². The average Bonchev–Trinajstić information content (AvgIpc) is 2.37. The Morgan fingerprint density at radius 2 is 1.72 bits per heavy atom. The number of rotatable bonds is 5. The molecule has 0 aliphatic carbocycles. The van der Waals surface area contributed by atoms with Crippen LogP contribution in [-0.4, -0.2) is 11.9 Å². The highest BCUT2D eigenvalue weighted by Crippen LogP contribution is 2.22. The number of amides is 1. The molecule has 0 saturated heterocycles. The maximum atomic E-state index is 11.8. The molecule has 0 heterocycles. The standard InChI is InChI=1S/C14H22N2O.ClH/c1-4-10-8-7-9-11(5-2)13(10)16-14(17)12(15)6-3;/h7-9,12H,4-6,15H2,1-3H3,(H,16,17);1H. The van der Waals surface area contributed by atoms with Crippen molar-refractivity contribution in [3.05, 3.63) is 29.3 Å². The van der Waals surface area contributed by atoms with Gasteiger partial charge in [-0.05, 0) is 30.4 Å². The molecule has 3 nitrogen and oxygen atoms in total. The van der Waals surface area contributed by atoms with Gasteiger partial charge in [-0.1, -0.05) is 39.0 Å². The fourth-order valence-corrected chi connectivity index (χ4v) is 1.80. The molecule has 1 unspecified atom stereocenters. The first-order chi connectivity index (χ1) is 8.13. The van der Waals surface area contributed by atoms with Crippen molar-refractivity contribution in [1.82, 2.24) is 0 Å². The van der Waals surface area contributed by atoms with Crippen molar-refractivity contribution in [1.29, 1.82) is 0 Å². The van der Waals surface area contributed by atoms with Crippen LogP contribution in [0.25, 0.3) is 0 Å². The molecule has 102 valence electrons. The Kier molecular flexibility index (Phi) is 7.64. The van der Waals surface area contributed by atoms with Crippen molar-refractivity contribution in [2.75, 3.05) is 5.32 Å². The second-order valence-electron chi connectivity index (χ2n) is 4.16. The number of hydrogen-bond acceptors (Lipinski definition) is 2. The minimum atomic E-state index is -0.426. The number of carbonyl (C=O) groups is 1. The Morgan fingerprint density at radius 1 is 1.22 bits per heavy atom. The van der Waals surface area contributed by atoms with E-state index in [1.54, 1.807) is 0 Å². The van der Waals surface area contributed by atoms with Crippen molar-refractivity contribution in [2.24, 2.45) is 5.73 Å². The summed E-state index contributed by atoms with van der Waals surface area (Å²) in [5, 5.41) is 2.97. The van der Waals surface area contributed by atoms with Crippen molar-refractivity contribution in [3.8, 4) is 0 Å². The summed E-state index contributed by atoms with van der Waals surface area (Å²) in [5.41, 5.74) is 9.02. The highest BCUT2D eigenvalue weighted by molar-refractivity contribution is 5.96.